The minimum absolute atomic E-state index is 0.00923. The van der Waals surface area contributed by atoms with E-state index >= 15 is 0 Å². The number of ether oxygens (including phenoxy) is 5. The summed E-state index contributed by atoms with van der Waals surface area (Å²) in [5, 5.41) is 35.1. The van der Waals surface area contributed by atoms with Crippen LogP contribution in [0.15, 0.2) is 34.9 Å². The number of hydrogen-bond donors (Lipinski definition) is 12. The van der Waals surface area contributed by atoms with Gasteiger partial charge in [0.15, 0.2) is 41.4 Å². The average molecular weight is 1180 g/mol. The van der Waals surface area contributed by atoms with Crippen molar-refractivity contribution in [3.05, 3.63) is 46.0 Å². The molecule has 0 aliphatic carbocycles. The van der Waals surface area contributed by atoms with Crippen molar-refractivity contribution in [2.24, 2.45) is 7.05 Å². The molecule has 3 saturated heterocycles. The summed E-state index contributed by atoms with van der Waals surface area (Å²) in [6.45, 7) is -6.15. The second-order valence-corrected chi connectivity index (χ2v) is 22.8. The van der Waals surface area contributed by atoms with Crippen molar-refractivity contribution >= 4 is 82.5 Å². The normalized spacial score (nSPS) is 30.7. The Kier molecular flexibility index (Phi) is 14.7. The fourth-order valence-electron chi connectivity index (χ4n) is 8.64. The van der Waals surface area contributed by atoms with E-state index in [4.69, 9.17) is 57.4 Å². The van der Waals surface area contributed by atoms with Crippen molar-refractivity contribution < 1.29 is 112 Å². The Morgan fingerprint density at radius 3 is 1.96 bits per heavy atom. The number of phosphoric ester groups is 3. The number of nitrogen functional groups attached to an aromatic ring is 2. The number of fused-ring (bicyclic) bond motifs is 3. The van der Waals surface area contributed by atoms with Crippen molar-refractivity contribution in [3.63, 3.8) is 0 Å². The van der Waals surface area contributed by atoms with Crippen LogP contribution in [0, 0.1) is 0 Å². The van der Waals surface area contributed by atoms with Gasteiger partial charge in [-0.05, 0) is 0 Å². The average Bonchev–Trinajstić information content (AvgIpc) is 4.39. The van der Waals surface area contributed by atoms with Crippen molar-refractivity contribution in [2.45, 2.75) is 73.6 Å². The number of aliphatic hydroxyl groups excluding tert-OH is 3. The molecule has 3 aliphatic rings. The lowest BCUT2D eigenvalue weighted by atomic mass is 10.1. The highest BCUT2D eigenvalue weighted by Crippen LogP contribution is 2.68. The van der Waals surface area contributed by atoms with Gasteiger partial charge in [-0.25, -0.2) is 42.8 Å². The van der Waals surface area contributed by atoms with Crippen LogP contribution in [0.1, 0.15) is 22.8 Å². The molecule has 9 heterocycles. The first kappa shape index (κ1) is 52.5. The second kappa shape index (κ2) is 21.5. The summed E-state index contributed by atoms with van der Waals surface area (Å²) >= 11 is 0. The number of imidazole rings is 3. The molecule has 43 heteroatoms. The first-order valence-corrected chi connectivity index (χ1v) is 27.7. The number of aromatic nitrogens is 12. The zero-order chi connectivity index (χ0) is 58.2. The molecular weight excluding hydrogens is 1130 g/mol. The Hall–Kier alpha value is -5.15. The van der Waals surface area contributed by atoms with E-state index in [0.29, 0.717) is 0 Å². The number of methoxy groups -OCH3 is 2. The first-order chi connectivity index (χ1) is 37.4. The number of nitrogens with zero attached hydrogens (tertiary/aromatic N) is 10. The molecule has 0 spiro atoms. The molecule has 3 fully saturated rings. The molecule has 16 atom stereocenters. The van der Waals surface area contributed by atoms with Crippen LogP contribution in [-0.4, -0.2) is 184 Å². The highest BCUT2D eigenvalue weighted by atomic mass is 31.3. The van der Waals surface area contributed by atoms with Gasteiger partial charge in [0.2, 0.25) is 17.7 Å². The number of hydrogen-bond acceptors (Lipinski definition) is 29. The van der Waals surface area contributed by atoms with Crippen molar-refractivity contribution in [3.8, 4) is 0 Å². The maximum Gasteiger partial charge on any atom is 0.490 e. The Balaban J connectivity index is 0.888. The predicted octanol–water partition coefficient (Wildman–Crippen LogP) is -3.60. The van der Waals surface area contributed by atoms with Gasteiger partial charge in [0, 0.05) is 25.3 Å². The van der Waals surface area contributed by atoms with Crippen LogP contribution in [0.4, 0.5) is 17.7 Å². The van der Waals surface area contributed by atoms with Gasteiger partial charge in [-0.15, -0.1) is 0 Å². The van der Waals surface area contributed by atoms with Crippen LogP contribution in [-0.2, 0) is 75.7 Å². The van der Waals surface area contributed by atoms with Crippen molar-refractivity contribution in [1.82, 2.24) is 53.6 Å². The molecule has 39 nitrogen and oxygen atoms in total. The number of nitrogens with one attached hydrogen (secondary N) is 3. The molecule has 14 N–H and O–H groups in total. The van der Waals surface area contributed by atoms with Crippen molar-refractivity contribution in [2.75, 3.05) is 57.8 Å². The lowest BCUT2D eigenvalue weighted by Crippen LogP contribution is -2.46. The fourth-order valence-corrected chi connectivity index (χ4v) is 13.1. The number of aromatic amines is 2. The smallest absolute Gasteiger partial charge is 0.387 e. The topological polar surface area (TPSA) is 537 Å². The van der Waals surface area contributed by atoms with Crippen molar-refractivity contribution in [1.29, 1.82) is 0 Å². The predicted molar refractivity (Wildman–Crippen MR) is 249 cm³/mol. The SMILES string of the molecule is [2H]C([2H])([2H])Nc1ncnc2c1ncn2[C@@H]1O[C@H](COP(=O)(O)OP(=O)(O)OP(=O)(O)OC[C@H]2O[C@@H]([n+]3cn(C)c4c(=O)[nH]c(N)nc43)C(O)[C@H]2OC)[C@H](OP(=O)(O)OC[C@H]2O[C@@H](n3cnc4c(=O)[nH]c(N)nc43)C(O)[C@H]2O)C1OC. The van der Waals surface area contributed by atoms with Gasteiger partial charge in [0.05, 0.1) is 39.5 Å². The van der Waals surface area contributed by atoms with Gasteiger partial charge in [-0.1, -0.05) is 4.98 Å². The molecular formula is C34H48N15O24P4+. The summed E-state index contributed by atoms with van der Waals surface area (Å²) in [4.78, 5) is 96.3. The maximum absolute atomic E-state index is 13.8. The summed E-state index contributed by atoms with van der Waals surface area (Å²) in [5.74, 6) is -0.904. The number of anilines is 3. The minimum atomic E-state index is -6.23. The van der Waals surface area contributed by atoms with Crippen LogP contribution in [0.5, 0.6) is 0 Å². The summed E-state index contributed by atoms with van der Waals surface area (Å²) in [7, 11) is -20.0. The zero-order valence-electron chi connectivity index (χ0n) is 42.3. The van der Waals surface area contributed by atoms with Gasteiger partial charge in [-0.3, -0.25) is 51.4 Å². The highest BCUT2D eigenvalue weighted by molar-refractivity contribution is 7.66. The molecule has 6 aromatic heterocycles. The standard InChI is InChI=1S/C34H47N15O24P4/c1-37-24-15-25(39-8-38-24)47(9-40-15)32-23(64-4)22(71-74(55,56)65-5-12-18(50)19(51)30(68-12)48-10-41-16-26(48)42-33(35)44-28(16)53)14(70-32)7-67-76(59,60)73-77(61,62)72-75(57,58)66-6-13-21(63-3)20(52)31(69-13)49-11-46(2)17-27(49)43-34(36)45-29(17)54/h8-14,18-23,30-32,50-52H,5-7H2,1-4H3,(H10-,35,36,37,38,39,42,43,44,45,53,54,55,56,57,58,59,60,61,62)/p+1/t12-,13-,14-,18+,19?,20?,21+,22+,23?,30-,31-,32-/m1/s1/i1D3. The molecule has 3 aliphatic heterocycles. The molecule has 0 bridgehead atoms. The van der Waals surface area contributed by atoms with E-state index in [1.807, 2.05) is 0 Å². The molecule has 0 aromatic carbocycles. The van der Waals surface area contributed by atoms with E-state index in [1.54, 1.807) is 0 Å². The van der Waals surface area contributed by atoms with Gasteiger partial charge in [0.25, 0.3) is 17.1 Å². The van der Waals surface area contributed by atoms with Gasteiger partial charge in [-0.2, -0.15) is 13.6 Å². The minimum Gasteiger partial charge on any atom is -0.387 e. The zero-order valence-corrected chi connectivity index (χ0v) is 42.9. The summed E-state index contributed by atoms with van der Waals surface area (Å²) in [6.07, 6.45) is -15.4. The Morgan fingerprint density at radius 1 is 0.714 bits per heavy atom. The van der Waals surface area contributed by atoms with E-state index < -0.39 is 143 Å². The number of aliphatic hydroxyl groups is 3. The number of H-pyrrole nitrogens is 2. The lowest BCUT2D eigenvalue weighted by Gasteiger charge is -2.26. The molecule has 0 radical (unpaired) electrons. The molecule has 0 saturated carbocycles. The maximum atomic E-state index is 13.8. The molecule has 9 rings (SSSR count). The number of phosphoric acid groups is 4. The lowest BCUT2D eigenvalue weighted by molar-refractivity contribution is -0.745. The monoisotopic (exact) mass is 1180 g/mol. The molecule has 422 valence electrons. The summed E-state index contributed by atoms with van der Waals surface area (Å²) < 4.78 is 138. The quantitative estimate of drug-likeness (QED) is 0.0245. The summed E-state index contributed by atoms with van der Waals surface area (Å²) in [5.41, 5.74) is 9.24. The second-order valence-electron chi connectivity index (χ2n) is 16.8. The third-order valence-electron chi connectivity index (χ3n) is 11.9. The number of nitrogens with two attached hydrogens (primary N) is 2. The van der Waals surface area contributed by atoms with E-state index in [2.05, 4.69) is 53.8 Å². The Bertz CT molecular complexity index is 3630. The Morgan fingerprint density at radius 2 is 1.30 bits per heavy atom. The molecule has 77 heavy (non-hydrogen) atoms. The van der Waals surface area contributed by atoms with E-state index in [1.165, 1.54) is 22.5 Å². The highest BCUT2D eigenvalue weighted by Gasteiger charge is 2.54. The number of aryl methyl sites for hydroxylation is 1. The van der Waals surface area contributed by atoms with E-state index in [9.17, 15) is 62.7 Å². The fraction of sp³-hybridized carbons (Fsp3) is 0.559. The van der Waals surface area contributed by atoms with Gasteiger partial charge >= 0.3 is 36.9 Å². The summed E-state index contributed by atoms with van der Waals surface area (Å²) in [6, 6.07) is 0. The first-order valence-electron chi connectivity index (χ1n) is 23.3. The largest absolute Gasteiger partial charge is 0.490 e. The van der Waals surface area contributed by atoms with Gasteiger partial charge < -0.3 is 75.4 Å². The van der Waals surface area contributed by atoms with E-state index in [-0.39, 0.29) is 51.2 Å². The molecule has 7 unspecified atom stereocenters. The van der Waals surface area contributed by atoms with E-state index in [0.717, 1.165) is 42.3 Å². The molecule has 6 aromatic rings. The third-order valence-corrected chi connectivity index (χ3v) is 17.1. The van der Waals surface area contributed by atoms with Crippen LogP contribution in [0.25, 0.3) is 33.5 Å². The van der Waals surface area contributed by atoms with Gasteiger partial charge in [0.1, 0.15) is 66.8 Å². The van der Waals surface area contributed by atoms with Crippen LogP contribution < -0.4 is 32.5 Å². The van der Waals surface area contributed by atoms with Crippen LogP contribution in [0.2, 0.25) is 0 Å². The Labute approximate surface area is 432 Å². The molecule has 0 amide bonds. The van der Waals surface area contributed by atoms with Crippen LogP contribution >= 0.6 is 31.3 Å². The number of rotatable bonds is 21. The third kappa shape index (κ3) is 11.4. The van der Waals surface area contributed by atoms with Crippen LogP contribution in [0.3, 0.4) is 0 Å².